The Hall–Kier alpha value is -1.38. The molecule has 0 heterocycles. The molecular weight excluding hydrogens is 337 g/mol. The maximum absolute atomic E-state index is 11.8. The van der Waals surface area contributed by atoms with E-state index in [1.165, 1.54) is 14.2 Å². The van der Waals surface area contributed by atoms with Gasteiger partial charge in [0.2, 0.25) is 0 Å². The van der Waals surface area contributed by atoms with E-state index in [2.05, 4.69) is 0 Å². The number of benzene rings is 1. The van der Waals surface area contributed by atoms with Gasteiger partial charge in [-0.05, 0) is 0 Å². The third kappa shape index (κ3) is 4.83. The van der Waals surface area contributed by atoms with Crippen LogP contribution in [0.5, 0.6) is 0 Å². The van der Waals surface area contributed by atoms with Gasteiger partial charge in [0, 0.05) is 0 Å². The van der Waals surface area contributed by atoms with Crippen molar-refractivity contribution in [3.05, 3.63) is 30.3 Å². The van der Waals surface area contributed by atoms with Crippen LogP contribution in [-0.4, -0.2) is 47.5 Å². The van der Waals surface area contributed by atoms with E-state index < -0.39 is 10.6 Å². The molecule has 0 N–H and O–H groups in total. The zero-order valence-electron chi connectivity index (χ0n) is 12.4. The van der Waals surface area contributed by atoms with Gasteiger partial charge in [-0.1, -0.05) is 0 Å². The van der Waals surface area contributed by atoms with Crippen LogP contribution in [0.2, 0.25) is 4.82 Å². The van der Waals surface area contributed by atoms with Gasteiger partial charge in [-0.3, -0.25) is 0 Å². The molecule has 0 aliphatic rings. The van der Waals surface area contributed by atoms with Crippen molar-refractivity contribution in [2.75, 3.05) is 20.8 Å². The van der Waals surface area contributed by atoms with Crippen molar-refractivity contribution >= 4 is 25.4 Å². The maximum atomic E-state index is 11.8. The third-order valence-corrected chi connectivity index (χ3v) is 5.60. The summed E-state index contributed by atoms with van der Waals surface area (Å²) in [7, 11) is 2.82. The van der Waals surface area contributed by atoms with Gasteiger partial charge in [-0.2, -0.15) is 0 Å². The Morgan fingerprint density at radius 3 is 2.43 bits per heavy atom. The van der Waals surface area contributed by atoms with E-state index in [9.17, 15) is 10.1 Å². The predicted molar refractivity (Wildman–Crippen MR) is 79.2 cm³/mol. The molecule has 0 fully saturated rings. The fourth-order valence-electron chi connectivity index (χ4n) is 1.80. The van der Waals surface area contributed by atoms with Crippen LogP contribution in [0.15, 0.2) is 30.3 Å². The first-order valence-electron chi connectivity index (χ1n) is 6.50. The first-order valence-corrected chi connectivity index (χ1v) is 8.35. The van der Waals surface area contributed by atoms with Crippen LogP contribution < -0.4 is 4.46 Å². The summed E-state index contributed by atoms with van der Waals surface area (Å²) in [6, 6.07) is 11.7. The van der Waals surface area contributed by atoms with E-state index in [0.717, 1.165) is 4.46 Å². The van der Waals surface area contributed by atoms with E-state index in [1.54, 1.807) is 6.92 Å². The van der Waals surface area contributed by atoms with Gasteiger partial charge in [0.1, 0.15) is 0 Å². The standard InChI is InChI=1S/C15H19NO4Se/c1-4-20-14(17)10-13(15(11-16,18-2)19-3)21-12-8-6-5-7-9-12/h5-9,13H,4,10H2,1-3H3. The summed E-state index contributed by atoms with van der Waals surface area (Å²) < 4.78 is 16.6. The van der Waals surface area contributed by atoms with Crippen molar-refractivity contribution in [1.82, 2.24) is 0 Å². The molecule has 0 aliphatic heterocycles. The summed E-state index contributed by atoms with van der Waals surface area (Å²) in [5.41, 5.74) is 0. The number of nitrogens with zero attached hydrogens (tertiary/aromatic N) is 1. The molecule has 1 rings (SSSR count). The molecule has 1 atom stereocenters. The number of nitriles is 1. The number of carbonyl (C=O) groups excluding carboxylic acids is 1. The fourth-order valence-corrected chi connectivity index (χ4v) is 4.45. The molecule has 0 spiro atoms. The Balaban J connectivity index is 2.99. The second-order valence-corrected chi connectivity index (χ2v) is 6.79. The van der Waals surface area contributed by atoms with Crippen molar-refractivity contribution in [2.24, 2.45) is 0 Å². The molecule has 0 saturated heterocycles. The van der Waals surface area contributed by atoms with Gasteiger partial charge in [0.15, 0.2) is 0 Å². The summed E-state index contributed by atoms with van der Waals surface area (Å²) in [5.74, 6) is -1.79. The van der Waals surface area contributed by atoms with Crippen molar-refractivity contribution in [3.63, 3.8) is 0 Å². The fraction of sp³-hybridized carbons (Fsp3) is 0.467. The van der Waals surface area contributed by atoms with Crippen molar-refractivity contribution in [3.8, 4) is 6.07 Å². The molecule has 0 aromatic heterocycles. The number of hydrogen-bond donors (Lipinski definition) is 0. The number of esters is 1. The molecule has 0 aliphatic carbocycles. The van der Waals surface area contributed by atoms with Crippen LogP contribution >= 0.6 is 0 Å². The quantitative estimate of drug-likeness (QED) is 0.399. The normalized spacial score (nSPS) is 12.5. The van der Waals surface area contributed by atoms with Gasteiger partial charge in [-0.25, -0.2) is 0 Å². The van der Waals surface area contributed by atoms with E-state index in [-0.39, 0.29) is 27.3 Å². The van der Waals surface area contributed by atoms with E-state index in [4.69, 9.17) is 14.2 Å². The first kappa shape index (κ1) is 17.7. The average molecular weight is 356 g/mol. The number of ether oxygens (including phenoxy) is 3. The van der Waals surface area contributed by atoms with Crippen LogP contribution in [-0.2, 0) is 19.0 Å². The molecule has 114 valence electrons. The van der Waals surface area contributed by atoms with E-state index in [0.29, 0.717) is 6.61 Å². The Morgan fingerprint density at radius 2 is 1.95 bits per heavy atom. The molecule has 6 heteroatoms. The van der Waals surface area contributed by atoms with Crippen molar-refractivity contribution < 1.29 is 19.0 Å². The van der Waals surface area contributed by atoms with Gasteiger partial charge in [0.05, 0.1) is 0 Å². The number of rotatable bonds is 8. The number of hydrogen-bond acceptors (Lipinski definition) is 5. The average Bonchev–Trinajstić information content (AvgIpc) is 2.51. The van der Waals surface area contributed by atoms with Crippen LogP contribution in [0.1, 0.15) is 13.3 Å². The monoisotopic (exact) mass is 357 g/mol. The zero-order chi connectivity index (χ0) is 15.7. The number of methoxy groups -OCH3 is 2. The molecule has 5 nitrogen and oxygen atoms in total. The van der Waals surface area contributed by atoms with Crippen LogP contribution in [0, 0.1) is 11.3 Å². The molecule has 0 bridgehead atoms. The minimum absolute atomic E-state index is 0.0813. The third-order valence-electron chi connectivity index (χ3n) is 2.87. The first-order chi connectivity index (χ1) is 10.1. The molecule has 1 aromatic rings. The molecule has 1 aromatic carbocycles. The van der Waals surface area contributed by atoms with Crippen LogP contribution in [0.25, 0.3) is 0 Å². The van der Waals surface area contributed by atoms with Crippen LogP contribution in [0.3, 0.4) is 0 Å². The Kier molecular flexibility index (Phi) is 7.41. The Morgan fingerprint density at radius 1 is 1.33 bits per heavy atom. The predicted octanol–water partition coefficient (Wildman–Crippen LogP) is 1.27. The van der Waals surface area contributed by atoms with Crippen molar-refractivity contribution in [1.29, 1.82) is 5.26 Å². The second kappa shape index (κ2) is 8.81. The summed E-state index contributed by atoms with van der Waals surface area (Å²) in [4.78, 5) is 11.4. The van der Waals surface area contributed by atoms with Crippen molar-refractivity contribution in [2.45, 2.75) is 23.9 Å². The molecule has 1 unspecified atom stereocenters. The molecule has 0 saturated carbocycles. The number of carbonyl (C=O) groups is 1. The SMILES string of the molecule is CCOC(=O)CC([Se]c1ccccc1)C(C#N)(OC)OC. The molecular formula is C15H19NO4Se. The van der Waals surface area contributed by atoms with E-state index in [1.807, 2.05) is 36.4 Å². The topological polar surface area (TPSA) is 68.6 Å². The van der Waals surface area contributed by atoms with Crippen LogP contribution in [0.4, 0.5) is 0 Å². The van der Waals surface area contributed by atoms with Gasteiger partial charge in [-0.15, -0.1) is 0 Å². The van der Waals surface area contributed by atoms with E-state index >= 15 is 0 Å². The summed E-state index contributed by atoms with van der Waals surface area (Å²) in [5, 5.41) is 9.43. The Labute approximate surface area is 131 Å². The van der Waals surface area contributed by atoms with Gasteiger partial charge < -0.3 is 0 Å². The molecule has 0 amide bonds. The van der Waals surface area contributed by atoms with Gasteiger partial charge >= 0.3 is 131 Å². The zero-order valence-corrected chi connectivity index (χ0v) is 14.1. The summed E-state index contributed by atoms with van der Waals surface area (Å²) >= 11 is -0.171. The second-order valence-electron chi connectivity index (χ2n) is 4.12. The summed E-state index contributed by atoms with van der Waals surface area (Å²) in [6.07, 6.45) is 0.0813. The molecule has 21 heavy (non-hydrogen) atoms. The summed E-state index contributed by atoms with van der Waals surface area (Å²) in [6.45, 7) is 2.06. The molecule has 0 radical (unpaired) electrons. The minimum atomic E-state index is -1.44. The van der Waals surface area contributed by atoms with Gasteiger partial charge in [0.25, 0.3) is 0 Å². The Bertz CT molecular complexity index is 482.